The SMILES string of the molecule is CC(C)=CC(C)C=N. The summed E-state index contributed by atoms with van der Waals surface area (Å²) in [5.74, 6) is 0.306. The van der Waals surface area contributed by atoms with Crippen LogP contribution in [0.1, 0.15) is 20.8 Å². The molecule has 0 amide bonds. The van der Waals surface area contributed by atoms with Gasteiger partial charge in [-0.3, -0.25) is 0 Å². The van der Waals surface area contributed by atoms with Gasteiger partial charge in [0, 0.05) is 12.1 Å². The molecular weight excluding hydrogens is 98.1 g/mol. The van der Waals surface area contributed by atoms with E-state index in [1.807, 2.05) is 20.8 Å². The summed E-state index contributed by atoms with van der Waals surface area (Å²) in [5, 5.41) is 6.83. The molecule has 0 aliphatic heterocycles. The van der Waals surface area contributed by atoms with E-state index in [4.69, 9.17) is 5.41 Å². The molecule has 1 unspecified atom stereocenters. The highest BCUT2D eigenvalue weighted by molar-refractivity contribution is 5.58. The summed E-state index contributed by atoms with van der Waals surface area (Å²) in [6.07, 6.45) is 3.50. The summed E-state index contributed by atoms with van der Waals surface area (Å²) >= 11 is 0. The van der Waals surface area contributed by atoms with E-state index in [9.17, 15) is 0 Å². The van der Waals surface area contributed by atoms with E-state index in [0.717, 1.165) is 0 Å². The second kappa shape index (κ2) is 3.42. The third-order valence-corrected chi connectivity index (χ3v) is 0.859. The Labute approximate surface area is 50.9 Å². The van der Waals surface area contributed by atoms with Crippen molar-refractivity contribution in [3.63, 3.8) is 0 Å². The highest BCUT2D eigenvalue weighted by Crippen LogP contribution is 1.97. The Kier molecular flexibility index (Phi) is 3.16. The smallest absolute Gasteiger partial charge is 0.00889 e. The van der Waals surface area contributed by atoms with Crippen LogP contribution in [-0.2, 0) is 0 Å². The highest BCUT2D eigenvalue weighted by Gasteiger charge is 1.87. The second-order valence-corrected chi connectivity index (χ2v) is 2.27. The Morgan fingerprint density at radius 1 is 1.50 bits per heavy atom. The molecule has 8 heavy (non-hydrogen) atoms. The molecule has 0 aliphatic rings. The van der Waals surface area contributed by atoms with Gasteiger partial charge in [0.2, 0.25) is 0 Å². The van der Waals surface area contributed by atoms with E-state index in [-0.39, 0.29) is 0 Å². The topological polar surface area (TPSA) is 23.9 Å². The van der Waals surface area contributed by atoms with Crippen LogP contribution in [0.3, 0.4) is 0 Å². The number of hydrogen-bond acceptors (Lipinski definition) is 1. The van der Waals surface area contributed by atoms with Gasteiger partial charge in [0.25, 0.3) is 0 Å². The van der Waals surface area contributed by atoms with Crippen LogP contribution in [0, 0.1) is 11.3 Å². The molecule has 0 bridgehead atoms. The maximum absolute atomic E-state index is 6.83. The van der Waals surface area contributed by atoms with Gasteiger partial charge in [-0.2, -0.15) is 0 Å². The summed E-state index contributed by atoms with van der Waals surface area (Å²) in [7, 11) is 0. The van der Waals surface area contributed by atoms with Crippen LogP contribution in [-0.4, -0.2) is 6.21 Å². The predicted molar refractivity (Wildman–Crippen MR) is 37.4 cm³/mol. The lowest BCUT2D eigenvalue weighted by Gasteiger charge is -1.94. The summed E-state index contributed by atoms with van der Waals surface area (Å²) in [4.78, 5) is 0. The molecule has 0 aromatic carbocycles. The Bertz CT molecular complexity index is 99.0. The number of allylic oxidation sites excluding steroid dienone is 2. The first kappa shape index (κ1) is 7.41. The molecule has 0 radical (unpaired) electrons. The third-order valence-electron chi connectivity index (χ3n) is 0.859. The first-order valence-electron chi connectivity index (χ1n) is 2.82. The minimum Gasteiger partial charge on any atom is -0.313 e. The summed E-state index contributed by atoms with van der Waals surface area (Å²) in [5.41, 5.74) is 1.28. The van der Waals surface area contributed by atoms with Crippen molar-refractivity contribution in [2.75, 3.05) is 0 Å². The van der Waals surface area contributed by atoms with E-state index in [1.54, 1.807) is 0 Å². The van der Waals surface area contributed by atoms with E-state index in [2.05, 4.69) is 6.08 Å². The van der Waals surface area contributed by atoms with Gasteiger partial charge in [-0.05, 0) is 13.8 Å². The monoisotopic (exact) mass is 111 g/mol. The van der Waals surface area contributed by atoms with Crippen molar-refractivity contribution < 1.29 is 0 Å². The second-order valence-electron chi connectivity index (χ2n) is 2.27. The molecule has 0 aliphatic carbocycles. The van der Waals surface area contributed by atoms with Gasteiger partial charge in [0.15, 0.2) is 0 Å². The zero-order valence-electron chi connectivity index (χ0n) is 5.73. The lowest BCUT2D eigenvalue weighted by molar-refractivity contribution is 0.996. The van der Waals surface area contributed by atoms with Gasteiger partial charge < -0.3 is 5.41 Å². The standard InChI is InChI=1S/C7H13N/c1-6(2)4-7(3)5-8/h4-5,7-8H,1-3H3. The highest BCUT2D eigenvalue weighted by atomic mass is 14.3. The van der Waals surface area contributed by atoms with Gasteiger partial charge in [-0.15, -0.1) is 0 Å². The summed E-state index contributed by atoms with van der Waals surface area (Å²) in [6.45, 7) is 6.08. The molecule has 46 valence electrons. The van der Waals surface area contributed by atoms with Crippen LogP contribution in [0.15, 0.2) is 11.6 Å². The minimum absolute atomic E-state index is 0.306. The Hall–Kier alpha value is -0.590. The zero-order chi connectivity index (χ0) is 6.57. The van der Waals surface area contributed by atoms with Crippen LogP contribution >= 0.6 is 0 Å². The van der Waals surface area contributed by atoms with E-state index >= 15 is 0 Å². The van der Waals surface area contributed by atoms with Crippen molar-refractivity contribution in [3.8, 4) is 0 Å². The minimum atomic E-state index is 0.306. The fourth-order valence-electron chi connectivity index (χ4n) is 0.574. The number of nitrogens with one attached hydrogen (secondary N) is 1. The molecule has 0 saturated heterocycles. The third kappa shape index (κ3) is 3.59. The van der Waals surface area contributed by atoms with Crippen LogP contribution in [0.25, 0.3) is 0 Å². The molecule has 0 fully saturated rings. The van der Waals surface area contributed by atoms with Gasteiger partial charge >= 0.3 is 0 Å². The fraction of sp³-hybridized carbons (Fsp3) is 0.571. The molecule has 0 spiro atoms. The van der Waals surface area contributed by atoms with Crippen LogP contribution in [0.2, 0.25) is 0 Å². The first-order valence-corrected chi connectivity index (χ1v) is 2.82. The molecule has 0 aromatic rings. The molecule has 0 rings (SSSR count). The average molecular weight is 111 g/mol. The maximum atomic E-state index is 6.83. The molecule has 0 aromatic heterocycles. The van der Waals surface area contributed by atoms with Crippen molar-refractivity contribution in [2.24, 2.45) is 5.92 Å². The Morgan fingerprint density at radius 2 is 2.00 bits per heavy atom. The van der Waals surface area contributed by atoms with Crippen molar-refractivity contribution >= 4 is 6.21 Å². The molecular formula is C7H13N. The fourth-order valence-corrected chi connectivity index (χ4v) is 0.574. The van der Waals surface area contributed by atoms with E-state index < -0.39 is 0 Å². The molecule has 1 N–H and O–H groups in total. The quantitative estimate of drug-likeness (QED) is 0.417. The van der Waals surface area contributed by atoms with E-state index in [0.29, 0.717) is 5.92 Å². The summed E-state index contributed by atoms with van der Waals surface area (Å²) < 4.78 is 0. The van der Waals surface area contributed by atoms with Crippen molar-refractivity contribution in [1.29, 1.82) is 5.41 Å². The van der Waals surface area contributed by atoms with Crippen molar-refractivity contribution in [1.82, 2.24) is 0 Å². The first-order chi connectivity index (χ1) is 3.66. The Morgan fingerprint density at radius 3 is 2.12 bits per heavy atom. The normalized spacial score (nSPS) is 12.4. The maximum Gasteiger partial charge on any atom is 0.00889 e. The number of rotatable bonds is 2. The van der Waals surface area contributed by atoms with Gasteiger partial charge in [-0.25, -0.2) is 0 Å². The molecule has 1 heteroatoms. The lowest BCUT2D eigenvalue weighted by Crippen LogP contribution is -1.88. The Balaban J connectivity index is 3.68. The molecule has 0 saturated carbocycles. The summed E-state index contributed by atoms with van der Waals surface area (Å²) in [6, 6.07) is 0. The van der Waals surface area contributed by atoms with Gasteiger partial charge in [0.1, 0.15) is 0 Å². The van der Waals surface area contributed by atoms with Crippen LogP contribution in [0.5, 0.6) is 0 Å². The molecule has 1 atom stereocenters. The van der Waals surface area contributed by atoms with E-state index in [1.165, 1.54) is 11.8 Å². The van der Waals surface area contributed by atoms with Crippen molar-refractivity contribution in [3.05, 3.63) is 11.6 Å². The van der Waals surface area contributed by atoms with Crippen LogP contribution < -0.4 is 0 Å². The largest absolute Gasteiger partial charge is 0.313 e. The van der Waals surface area contributed by atoms with Crippen molar-refractivity contribution in [2.45, 2.75) is 20.8 Å². The number of hydrogen-bond donors (Lipinski definition) is 1. The molecule has 0 heterocycles. The van der Waals surface area contributed by atoms with Gasteiger partial charge in [0.05, 0.1) is 0 Å². The average Bonchev–Trinajstić information content (AvgIpc) is 1.65. The van der Waals surface area contributed by atoms with Gasteiger partial charge in [-0.1, -0.05) is 18.6 Å². The predicted octanol–water partition coefficient (Wildman–Crippen LogP) is 2.24. The molecule has 1 nitrogen and oxygen atoms in total. The lowest BCUT2D eigenvalue weighted by atomic mass is 10.1. The van der Waals surface area contributed by atoms with Crippen LogP contribution in [0.4, 0.5) is 0 Å². The zero-order valence-corrected chi connectivity index (χ0v) is 5.73.